The summed E-state index contributed by atoms with van der Waals surface area (Å²) in [6.07, 6.45) is 8.29. The van der Waals surface area contributed by atoms with Crippen LogP contribution >= 0.6 is 15.9 Å². The minimum Gasteiger partial charge on any atom is -0.355 e. The number of aromatic nitrogens is 2. The number of nitrogens with zero attached hydrogens (tertiary/aromatic N) is 3. The highest BCUT2D eigenvalue weighted by Gasteiger charge is 2.35. The molecule has 0 saturated heterocycles. The average molecular weight is 294 g/mol. The number of nitrogens with one attached hydrogen (secondary N) is 2. The smallest absolute Gasteiger partial charge is 0.192 e. The fourth-order valence-electron chi connectivity index (χ4n) is 1.99. The second-order valence-corrected chi connectivity index (χ2v) is 5.33. The van der Waals surface area contributed by atoms with E-state index in [-0.39, 0.29) is 0 Å². The van der Waals surface area contributed by atoms with Crippen LogP contribution in [0.5, 0.6) is 0 Å². The molecule has 3 rings (SSSR count). The maximum absolute atomic E-state index is 4.41. The molecular weight excluding hydrogens is 282 g/mol. The third kappa shape index (κ3) is 1.93. The predicted molar refractivity (Wildman–Crippen MR) is 69.7 cm³/mol. The Morgan fingerprint density at radius 2 is 2.24 bits per heavy atom. The Kier molecular flexibility index (Phi) is 2.58. The molecule has 1 atom stereocenters. The summed E-state index contributed by atoms with van der Waals surface area (Å²) in [4.78, 5) is 13.1. The van der Waals surface area contributed by atoms with E-state index < -0.39 is 4.45 Å². The fourth-order valence-corrected chi connectivity index (χ4v) is 2.67. The number of halogens is 1. The Hall–Kier alpha value is -1.43. The number of fused-ring (bicyclic) bond motifs is 1. The lowest BCUT2D eigenvalue weighted by atomic mass is 10.0. The predicted octanol–water partition coefficient (Wildman–Crippen LogP) is 0.990. The summed E-state index contributed by atoms with van der Waals surface area (Å²) in [5, 5.41) is 6.55. The average Bonchev–Trinajstić information content (AvgIpc) is 2.82. The highest BCUT2D eigenvalue weighted by molar-refractivity contribution is 9.09. The molecule has 1 unspecified atom stereocenters. The lowest BCUT2D eigenvalue weighted by Crippen LogP contribution is -2.47. The van der Waals surface area contributed by atoms with E-state index >= 15 is 0 Å². The van der Waals surface area contributed by atoms with Crippen LogP contribution in [0.15, 0.2) is 23.5 Å². The maximum atomic E-state index is 4.41. The second-order valence-electron chi connectivity index (χ2n) is 3.98. The fraction of sp³-hybridized carbons (Fsp3) is 0.364. The SMILES string of the molecule is BrC1(NC2=NCCN2)CC=Cc2nccnc21. The standard InChI is InChI=1S/C11H12BrN5/c12-11(17-10-15-6-7-16-10)3-1-2-8-9(11)14-5-4-13-8/h1-2,4-5H,3,6-7H2,(H2,15,16,17). The van der Waals surface area contributed by atoms with Crippen molar-refractivity contribution in [3.8, 4) is 0 Å². The molecule has 17 heavy (non-hydrogen) atoms. The summed E-state index contributed by atoms with van der Waals surface area (Å²) >= 11 is 3.72. The molecule has 2 aliphatic rings. The van der Waals surface area contributed by atoms with Gasteiger partial charge in [-0.05, 0) is 6.08 Å². The zero-order valence-corrected chi connectivity index (χ0v) is 10.7. The van der Waals surface area contributed by atoms with Gasteiger partial charge in [0.2, 0.25) is 0 Å². The van der Waals surface area contributed by atoms with Crippen LogP contribution in [-0.4, -0.2) is 29.0 Å². The summed E-state index contributed by atoms with van der Waals surface area (Å²) < 4.78 is -0.415. The molecule has 2 N–H and O–H groups in total. The van der Waals surface area contributed by atoms with Crippen LogP contribution < -0.4 is 10.6 Å². The molecule has 2 heterocycles. The molecule has 6 heteroatoms. The summed E-state index contributed by atoms with van der Waals surface area (Å²) in [5.74, 6) is 0.814. The van der Waals surface area contributed by atoms with Crippen molar-refractivity contribution in [2.45, 2.75) is 10.9 Å². The van der Waals surface area contributed by atoms with Gasteiger partial charge in [-0.2, -0.15) is 0 Å². The monoisotopic (exact) mass is 293 g/mol. The first kappa shape index (κ1) is 10.7. The van der Waals surface area contributed by atoms with Crippen LogP contribution in [0.1, 0.15) is 17.8 Å². The Morgan fingerprint density at radius 1 is 1.35 bits per heavy atom. The van der Waals surface area contributed by atoms with Crippen LogP contribution in [0.3, 0.4) is 0 Å². The number of hydrogen-bond acceptors (Lipinski definition) is 5. The second kappa shape index (κ2) is 4.10. The molecule has 0 radical (unpaired) electrons. The van der Waals surface area contributed by atoms with E-state index in [1.807, 2.05) is 6.08 Å². The van der Waals surface area contributed by atoms with Gasteiger partial charge in [-0.3, -0.25) is 15.0 Å². The largest absolute Gasteiger partial charge is 0.355 e. The third-order valence-electron chi connectivity index (χ3n) is 2.77. The van der Waals surface area contributed by atoms with E-state index in [1.165, 1.54) is 0 Å². The molecular formula is C11H12BrN5. The first-order valence-electron chi connectivity index (χ1n) is 5.51. The number of guanidine groups is 1. The summed E-state index contributed by atoms with van der Waals surface area (Å²) in [6.45, 7) is 1.70. The normalized spacial score (nSPS) is 26.1. The van der Waals surface area contributed by atoms with Gasteiger partial charge in [-0.15, -0.1) is 0 Å². The van der Waals surface area contributed by atoms with Crippen molar-refractivity contribution in [1.82, 2.24) is 20.6 Å². The number of alkyl halides is 1. The van der Waals surface area contributed by atoms with Gasteiger partial charge in [0.05, 0.1) is 12.2 Å². The van der Waals surface area contributed by atoms with Gasteiger partial charge < -0.3 is 10.6 Å². The van der Waals surface area contributed by atoms with E-state index in [9.17, 15) is 0 Å². The first-order chi connectivity index (χ1) is 8.28. The number of hydrogen-bond donors (Lipinski definition) is 2. The summed E-state index contributed by atoms with van der Waals surface area (Å²) in [7, 11) is 0. The van der Waals surface area contributed by atoms with Crippen LogP contribution in [0, 0.1) is 0 Å². The Morgan fingerprint density at radius 3 is 3.06 bits per heavy atom. The van der Waals surface area contributed by atoms with Crippen molar-refractivity contribution in [3.63, 3.8) is 0 Å². The molecule has 0 fully saturated rings. The molecule has 1 aliphatic heterocycles. The lowest BCUT2D eigenvalue weighted by Gasteiger charge is -2.31. The van der Waals surface area contributed by atoms with Crippen LogP contribution in [0.4, 0.5) is 0 Å². The van der Waals surface area contributed by atoms with Crippen molar-refractivity contribution < 1.29 is 0 Å². The lowest BCUT2D eigenvalue weighted by molar-refractivity contribution is 0.569. The van der Waals surface area contributed by atoms with E-state index in [0.29, 0.717) is 0 Å². The Balaban J connectivity index is 1.94. The molecule has 0 bridgehead atoms. The van der Waals surface area contributed by atoms with Crippen LogP contribution in [-0.2, 0) is 4.45 Å². The zero-order chi connectivity index (χ0) is 11.7. The molecule has 0 amide bonds. The van der Waals surface area contributed by atoms with Gasteiger partial charge in [-0.25, -0.2) is 0 Å². The summed E-state index contributed by atoms with van der Waals surface area (Å²) in [6, 6.07) is 0. The molecule has 5 nitrogen and oxygen atoms in total. The van der Waals surface area contributed by atoms with Gasteiger partial charge in [-0.1, -0.05) is 22.0 Å². The van der Waals surface area contributed by atoms with Gasteiger partial charge in [0.1, 0.15) is 10.1 Å². The minimum absolute atomic E-state index is 0.415. The van der Waals surface area contributed by atoms with E-state index in [0.717, 1.165) is 36.9 Å². The van der Waals surface area contributed by atoms with Crippen LogP contribution in [0.2, 0.25) is 0 Å². The van der Waals surface area contributed by atoms with Gasteiger partial charge >= 0.3 is 0 Å². The minimum atomic E-state index is -0.415. The van der Waals surface area contributed by atoms with Crippen molar-refractivity contribution in [3.05, 3.63) is 29.9 Å². The topological polar surface area (TPSA) is 62.2 Å². The van der Waals surface area contributed by atoms with E-state index in [2.05, 4.69) is 47.6 Å². The summed E-state index contributed by atoms with van der Waals surface area (Å²) in [5.41, 5.74) is 1.79. The third-order valence-corrected chi connectivity index (χ3v) is 3.67. The molecule has 1 aliphatic carbocycles. The van der Waals surface area contributed by atoms with Crippen molar-refractivity contribution in [2.24, 2.45) is 4.99 Å². The first-order valence-corrected chi connectivity index (χ1v) is 6.31. The van der Waals surface area contributed by atoms with Crippen LogP contribution in [0.25, 0.3) is 6.08 Å². The van der Waals surface area contributed by atoms with Gasteiger partial charge in [0, 0.05) is 25.4 Å². The van der Waals surface area contributed by atoms with E-state index in [1.54, 1.807) is 12.4 Å². The number of aliphatic imine (C=N–C) groups is 1. The van der Waals surface area contributed by atoms with E-state index in [4.69, 9.17) is 0 Å². The highest BCUT2D eigenvalue weighted by Crippen LogP contribution is 2.36. The molecule has 1 aromatic rings. The van der Waals surface area contributed by atoms with Crippen molar-refractivity contribution in [1.29, 1.82) is 0 Å². The zero-order valence-electron chi connectivity index (χ0n) is 9.15. The highest BCUT2D eigenvalue weighted by atomic mass is 79.9. The maximum Gasteiger partial charge on any atom is 0.192 e. The van der Waals surface area contributed by atoms with Gasteiger partial charge in [0.25, 0.3) is 0 Å². The number of rotatable bonds is 1. The van der Waals surface area contributed by atoms with Crippen molar-refractivity contribution >= 4 is 28.0 Å². The Labute approximate surface area is 108 Å². The molecule has 0 spiro atoms. The molecule has 0 saturated carbocycles. The molecule has 0 aromatic carbocycles. The van der Waals surface area contributed by atoms with Crippen molar-refractivity contribution in [2.75, 3.05) is 13.1 Å². The molecule has 88 valence electrons. The van der Waals surface area contributed by atoms with Gasteiger partial charge in [0.15, 0.2) is 5.96 Å². The Bertz CT molecular complexity index is 498. The molecule has 1 aromatic heterocycles. The quantitative estimate of drug-likeness (QED) is 0.599.